The van der Waals surface area contributed by atoms with E-state index in [4.69, 9.17) is 11.6 Å². The molecule has 2 aromatic carbocycles. The van der Waals surface area contributed by atoms with Crippen molar-refractivity contribution in [2.75, 3.05) is 11.4 Å². The number of para-hydroxylation sites is 2. The third-order valence-electron chi connectivity index (χ3n) is 4.06. The molecule has 2 heterocycles. The summed E-state index contributed by atoms with van der Waals surface area (Å²) in [6, 6.07) is 15.3. The van der Waals surface area contributed by atoms with Gasteiger partial charge in [-0.2, -0.15) is 0 Å². The molecule has 0 saturated carbocycles. The average Bonchev–Trinajstić information content (AvgIpc) is 3.11. The maximum absolute atomic E-state index is 12.3. The first-order chi connectivity index (χ1) is 10.7. The number of nitrogens with zero attached hydrogens (tertiary/aromatic N) is 2. The van der Waals surface area contributed by atoms with Crippen LogP contribution in [0.4, 0.5) is 5.69 Å². The van der Waals surface area contributed by atoms with E-state index >= 15 is 0 Å². The molecule has 22 heavy (non-hydrogen) atoms. The number of carbonyl (C=O) groups is 1. The van der Waals surface area contributed by atoms with Crippen molar-refractivity contribution in [2.45, 2.75) is 12.3 Å². The maximum atomic E-state index is 12.3. The summed E-state index contributed by atoms with van der Waals surface area (Å²) in [6.07, 6.45) is 0.475. The van der Waals surface area contributed by atoms with E-state index in [0.29, 0.717) is 18.0 Å². The van der Waals surface area contributed by atoms with E-state index in [1.165, 1.54) is 0 Å². The number of halogens is 1. The number of hydrogen-bond acceptors (Lipinski definition) is 2. The van der Waals surface area contributed by atoms with Crippen LogP contribution in [0.1, 0.15) is 18.2 Å². The lowest BCUT2D eigenvalue weighted by Gasteiger charge is -2.16. The summed E-state index contributed by atoms with van der Waals surface area (Å²) in [6.45, 7) is 0.639. The Hall–Kier alpha value is -2.33. The van der Waals surface area contributed by atoms with Crippen LogP contribution in [0.2, 0.25) is 5.02 Å². The number of benzene rings is 2. The lowest BCUT2D eigenvalue weighted by atomic mass is 10.1. The zero-order valence-electron chi connectivity index (χ0n) is 11.8. The Morgan fingerprint density at radius 2 is 1.91 bits per heavy atom. The SMILES string of the molecule is O=C1C[C@@H](c2nc3ccccc3[nH]2)CN1c1ccc(Cl)cc1. The van der Waals surface area contributed by atoms with Crippen LogP contribution < -0.4 is 4.90 Å². The highest BCUT2D eigenvalue weighted by Gasteiger charge is 2.33. The molecular formula is C17H14ClN3O. The molecule has 1 aromatic heterocycles. The largest absolute Gasteiger partial charge is 0.342 e. The third-order valence-corrected chi connectivity index (χ3v) is 4.31. The molecule has 5 heteroatoms. The minimum absolute atomic E-state index is 0.0931. The van der Waals surface area contributed by atoms with Gasteiger partial charge < -0.3 is 9.88 Å². The normalized spacial score (nSPS) is 18.3. The van der Waals surface area contributed by atoms with Gasteiger partial charge in [-0.05, 0) is 36.4 Å². The molecule has 1 amide bonds. The first-order valence-corrected chi connectivity index (χ1v) is 7.59. The molecule has 1 saturated heterocycles. The number of aromatic nitrogens is 2. The summed E-state index contributed by atoms with van der Waals surface area (Å²) < 4.78 is 0. The van der Waals surface area contributed by atoms with Gasteiger partial charge in [0.1, 0.15) is 5.82 Å². The van der Waals surface area contributed by atoms with Crippen molar-refractivity contribution in [3.63, 3.8) is 0 Å². The molecule has 1 aliphatic rings. The van der Waals surface area contributed by atoms with Crippen molar-refractivity contribution in [3.8, 4) is 0 Å². The topological polar surface area (TPSA) is 49.0 Å². The van der Waals surface area contributed by atoms with Gasteiger partial charge in [0, 0.05) is 29.6 Å². The standard InChI is InChI=1S/C17H14ClN3O/c18-12-5-7-13(8-6-12)21-10-11(9-16(21)22)17-19-14-3-1-2-4-15(14)20-17/h1-8,11H,9-10H2,(H,19,20)/t11-/m1/s1. The molecule has 0 radical (unpaired) electrons. The highest BCUT2D eigenvalue weighted by Crippen LogP contribution is 2.31. The van der Waals surface area contributed by atoms with Gasteiger partial charge in [-0.1, -0.05) is 23.7 Å². The molecule has 0 aliphatic carbocycles. The van der Waals surface area contributed by atoms with E-state index in [2.05, 4.69) is 9.97 Å². The Labute approximate surface area is 132 Å². The van der Waals surface area contributed by atoms with E-state index in [1.807, 2.05) is 36.4 Å². The van der Waals surface area contributed by atoms with Gasteiger partial charge in [0.25, 0.3) is 0 Å². The van der Waals surface area contributed by atoms with E-state index in [9.17, 15) is 4.79 Å². The summed E-state index contributed by atoms with van der Waals surface area (Å²) in [7, 11) is 0. The Balaban J connectivity index is 1.62. The lowest BCUT2D eigenvalue weighted by molar-refractivity contribution is -0.117. The molecule has 0 spiro atoms. The highest BCUT2D eigenvalue weighted by molar-refractivity contribution is 6.30. The van der Waals surface area contributed by atoms with Crippen LogP contribution in [0.5, 0.6) is 0 Å². The zero-order chi connectivity index (χ0) is 15.1. The first-order valence-electron chi connectivity index (χ1n) is 7.21. The van der Waals surface area contributed by atoms with Crippen molar-refractivity contribution in [3.05, 3.63) is 59.4 Å². The Morgan fingerprint density at radius 1 is 1.14 bits per heavy atom. The summed E-state index contributed by atoms with van der Waals surface area (Å²) in [5.74, 6) is 1.09. The second-order valence-corrected chi connectivity index (χ2v) is 5.96. The number of anilines is 1. The monoisotopic (exact) mass is 311 g/mol. The fraction of sp³-hybridized carbons (Fsp3) is 0.176. The average molecular weight is 312 g/mol. The van der Waals surface area contributed by atoms with Crippen LogP contribution >= 0.6 is 11.6 Å². The van der Waals surface area contributed by atoms with Gasteiger partial charge in [-0.3, -0.25) is 4.79 Å². The molecule has 0 unspecified atom stereocenters. The second-order valence-electron chi connectivity index (χ2n) is 5.52. The van der Waals surface area contributed by atoms with Gasteiger partial charge in [0.15, 0.2) is 0 Å². The lowest BCUT2D eigenvalue weighted by Crippen LogP contribution is -2.24. The summed E-state index contributed by atoms with van der Waals surface area (Å²) in [5.41, 5.74) is 2.83. The van der Waals surface area contributed by atoms with Crippen LogP contribution in [0.15, 0.2) is 48.5 Å². The van der Waals surface area contributed by atoms with Crippen molar-refractivity contribution in [1.29, 1.82) is 0 Å². The van der Waals surface area contributed by atoms with E-state index in [0.717, 1.165) is 22.5 Å². The summed E-state index contributed by atoms with van der Waals surface area (Å²) >= 11 is 5.91. The van der Waals surface area contributed by atoms with Crippen molar-refractivity contribution in [2.24, 2.45) is 0 Å². The first kappa shape index (κ1) is 13.3. The maximum Gasteiger partial charge on any atom is 0.227 e. The molecule has 4 nitrogen and oxygen atoms in total. The molecule has 1 atom stereocenters. The fourth-order valence-electron chi connectivity index (χ4n) is 2.93. The van der Waals surface area contributed by atoms with E-state index < -0.39 is 0 Å². The minimum atomic E-state index is 0.0931. The minimum Gasteiger partial charge on any atom is -0.342 e. The van der Waals surface area contributed by atoms with Gasteiger partial charge in [-0.25, -0.2) is 4.98 Å². The number of rotatable bonds is 2. The van der Waals surface area contributed by atoms with Crippen LogP contribution in [0.3, 0.4) is 0 Å². The predicted molar refractivity (Wildman–Crippen MR) is 87.3 cm³/mol. The molecule has 110 valence electrons. The molecule has 1 N–H and O–H groups in total. The van der Waals surface area contributed by atoms with Gasteiger partial charge >= 0.3 is 0 Å². The van der Waals surface area contributed by atoms with Crippen molar-refractivity contribution < 1.29 is 4.79 Å². The highest BCUT2D eigenvalue weighted by atomic mass is 35.5. The van der Waals surface area contributed by atoms with E-state index in [1.54, 1.807) is 17.0 Å². The summed E-state index contributed by atoms with van der Waals surface area (Å²) in [4.78, 5) is 22.1. The number of aromatic amines is 1. The quantitative estimate of drug-likeness (QED) is 0.784. The number of nitrogens with one attached hydrogen (secondary N) is 1. The summed E-state index contributed by atoms with van der Waals surface area (Å²) in [5, 5.41) is 0.671. The number of hydrogen-bond donors (Lipinski definition) is 1. The fourth-order valence-corrected chi connectivity index (χ4v) is 3.05. The molecular weight excluding hydrogens is 298 g/mol. The van der Waals surface area contributed by atoms with Crippen molar-refractivity contribution >= 4 is 34.2 Å². The van der Waals surface area contributed by atoms with Gasteiger partial charge in [-0.15, -0.1) is 0 Å². The Bertz CT molecular complexity index is 807. The van der Waals surface area contributed by atoms with E-state index in [-0.39, 0.29) is 11.8 Å². The number of H-pyrrole nitrogens is 1. The Kier molecular flexibility index (Phi) is 3.12. The van der Waals surface area contributed by atoms with Crippen LogP contribution in [-0.4, -0.2) is 22.4 Å². The van der Waals surface area contributed by atoms with Gasteiger partial charge in [0.05, 0.1) is 11.0 Å². The van der Waals surface area contributed by atoms with Crippen LogP contribution in [0, 0.1) is 0 Å². The van der Waals surface area contributed by atoms with Crippen LogP contribution in [-0.2, 0) is 4.79 Å². The Morgan fingerprint density at radius 3 is 2.68 bits per heavy atom. The number of amides is 1. The molecule has 1 fully saturated rings. The number of fused-ring (bicyclic) bond motifs is 1. The zero-order valence-corrected chi connectivity index (χ0v) is 12.5. The van der Waals surface area contributed by atoms with Crippen molar-refractivity contribution in [1.82, 2.24) is 9.97 Å². The smallest absolute Gasteiger partial charge is 0.227 e. The predicted octanol–water partition coefficient (Wildman–Crippen LogP) is 3.74. The molecule has 4 rings (SSSR count). The second kappa shape index (κ2) is 5.14. The van der Waals surface area contributed by atoms with Gasteiger partial charge in [0.2, 0.25) is 5.91 Å². The molecule has 0 bridgehead atoms. The van der Waals surface area contributed by atoms with Crippen LogP contribution in [0.25, 0.3) is 11.0 Å². The number of carbonyl (C=O) groups excluding carboxylic acids is 1. The number of imidazole rings is 1. The molecule has 1 aliphatic heterocycles. The molecule has 3 aromatic rings. The third kappa shape index (κ3) is 2.25.